The van der Waals surface area contributed by atoms with Crippen LogP contribution in [-0.2, 0) is 14.8 Å². The molecule has 0 radical (unpaired) electrons. The van der Waals surface area contributed by atoms with Crippen LogP contribution in [0, 0.1) is 12.8 Å². The molecule has 0 saturated carbocycles. The smallest absolute Gasteiger partial charge is 0.240 e. The molecule has 7 heteroatoms. The molecule has 3 N–H and O–H groups in total. The lowest BCUT2D eigenvalue weighted by molar-refractivity contribution is -0.119. The predicted octanol–water partition coefficient (Wildman–Crippen LogP) is 0.697. The lowest BCUT2D eigenvalue weighted by atomic mass is 10.1. The van der Waals surface area contributed by atoms with Crippen LogP contribution < -0.4 is 15.4 Å². The maximum atomic E-state index is 12.0. The van der Waals surface area contributed by atoms with Gasteiger partial charge in [0, 0.05) is 18.2 Å². The fourth-order valence-corrected chi connectivity index (χ4v) is 2.43. The summed E-state index contributed by atoms with van der Waals surface area (Å²) in [5.74, 6) is -0.356. The third-order valence-corrected chi connectivity index (χ3v) is 4.42. The van der Waals surface area contributed by atoms with E-state index in [1.165, 1.54) is 19.2 Å². The highest BCUT2D eigenvalue weighted by atomic mass is 32.2. The summed E-state index contributed by atoms with van der Waals surface area (Å²) in [6, 6.07) is 4.64. The lowest BCUT2D eigenvalue weighted by Crippen LogP contribution is -2.29. The SMILES string of the molecule is CNCC(C)C(=O)Nc1cc(S(=O)(=O)NC)ccc1C. The first-order valence-electron chi connectivity index (χ1n) is 6.31. The van der Waals surface area contributed by atoms with E-state index >= 15 is 0 Å². The minimum Gasteiger partial charge on any atom is -0.326 e. The molecule has 0 aliphatic rings. The average molecular weight is 299 g/mol. The number of hydrogen-bond acceptors (Lipinski definition) is 4. The van der Waals surface area contributed by atoms with Crippen LogP contribution in [0.4, 0.5) is 5.69 Å². The van der Waals surface area contributed by atoms with Gasteiger partial charge in [-0.15, -0.1) is 0 Å². The minimum absolute atomic E-state index is 0.127. The molecule has 0 spiro atoms. The fourth-order valence-electron chi connectivity index (χ4n) is 1.68. The zero-order valence-electron chi connectivity index (χ0n) is 12.1. The van der Waals surface area contributed by atoms with Gasteiger partial charge in [0.15, 0.2) is 0 Å². The first-order valence-corrected chi connectivity index (χ1v) is 7.79. The summed E-state index contributed by atoms with van der Waals surface area (Å²) >= 11 is 0. The van der Waals surface area contributed by atoms with E-state index < -0.39 is 10.0 Å². The molecule has 0 fully saturated rings. The van der Waals surface area contributed by atoms with Gasteiger partial charge in [-0.25, -0.2) is 13.1 Å². The van der Waals surface area contributed by atoms with Crippen molar-refractivity contribution in [1.82, 2.24) is 10.0 Å². The first-order chi connectivity index (χ1) is 9.31. The highest BCUT2D eigenvalue weighted by Crippen LogP contribution is 2.20. The van der Waals surface area contributed by atoms with Crippen LogP contribution in [0.5, 0.6) is 0 Å². The molecule has 0 heterocycles. The first kappa shape index (κ1) is 16.6. The van der Waals surface area contributed by atoms with Gasteiger partial charge in [0.05, 0.1) is 4.90 Å². The summed E-state index contributed by atoms with van der Waals surface area (Å²) in [4.78, 5) is 12.1. The maximum Gasteiger partial charge on any atom is 0.240 e. The number of hydrogen-bond donors (Lipinski definition) is 3. The summed E-state index contributed by atoms with van der Waals surface area (Å²) < 4.78 is 25.8. The molecule has 112 valence electrons. The monoisotopic (exact) mass is 299 g/mol. The minimum atomic E-state index is -3.52. The van der Waals surface area contributed by atoms with Crippen molar-refractivity contribution in [2.45, 2.75) is 18.7 Å². The molecule has 1 aromatic rings. The van der Waals surface area contributed by atoms with Gasteiger partial charge in [0.1, 0.15) is 0 Å². The van der Waals surface area contributed by atoms with Crippen molar-refractivity contribution < 1.29 is 13.2 Å². The second-order valence-electron chi connectivity index (χ2n) is 4.63. The average Bonchev–Trinajstić information content (AvgIpc) is 2.41. The van der Waals surface area contributed by atoms with E-state index in [1.54, 1.807) is 20.0 Å². The van der Waals surface area contributed by atoms with Crippen molar-refractivity contribution in [3.05, 3.63) is 23.8 Å². The zero-order chi connectivity index (χ0) is 15.3. The molecule has 1 aromatic carbocycles. The number of nitrogens with one attached hydrogen (secondary N) is 3. The van der Waals surface area contributed by atoms with Crippen LogP contribution in [0.3, 0.4) is 0 Å². The Balaban J connectivity index is 3.01. The van der Waals surface area contributed by atoms with Gasteiger partial charge < -0.3 is 10.6 Å². The summed E-state index contributed by atoms with van der Waals surface area (Å²) in [5.41, 5.74) is 1.32. The molecule has 1 rings (SSSR count). The molecule has 1 unspecified atom stereocenters. The number of sulfonamides is 1. The van der Waals surface area contributed by atoms with Crippen molar-refractivity contribution >= 4 is 21.6 Å². The molecule has 0 saturated heterocycles. The number of carbonyl (C=O) groups excluding carboxylic acids is 1. The Kier molecular flexibility index (Phi) is 5.67. The van der Waals surface area contributed by atoms with E-state index in [9.17, 15) is 13.2 Å². The van der Waals surface area contributed by atoms with Crippen LogP contribution >= 0.6 is 0 Å². The molecule has 0 aliphatic heterocycles. The van der Waals surface area contributed by atoms with Crippen LogP contribution in [0.15, 0.2) is 23.1 Å². The molecule has 0 aromatic heterocycles. The van der Waals surface area contributed by atoms with Crippen LogP contribution in [0.1, 0.15) is 12.5 Å². The van der Waals surface area contributed by atoms with Gasteiger partial charge in [-0.1, -0.05) is 13.0 Å². The predicted molar refractivity (Wildman–Crippen MR) is 79.1 cm³/mol. The van der Waals surface area contributed by atoms with Crippen molar-refractivity contribution in [3.63, 3.8) is 0 Å². The van der Waals surface area contributed by atoms with Gasteiger partial charge in [0.2, 0.25) is 15.9 Å². The molecule has 20 heavy (non-hydrogen) atoms. The van der Waals surface area contributed by atoms with Crippen molar-refractivity contribution in [3.8, 4) is 0 Å². The molecule has 1 atom stereocenters. The Morgan fingerprint density at radius 2 is 1.95 bits per heavy atom. The zero-order valence-corrected chi connectivity index (χ0v) is 13.0. The number of anilines is 1. The van der Waals surface area contributed by atoms with E-state index in [0.29, 0.717) is 12.2 Å². The van der Waals surface area contributed by atoms with Gasteiger partial charge in [0.25, 0.3) is 0 Å². The van der Waals surface area contributed by atoms with E-state index in [1.807, 2.05) is 6.92 Å². The summed E-state index contributed by atoms with van der Waals surface area (Å²) in [7, 11) is -0.395. The quantitative estimate of drug-likeness (QED) is 0.721. The normalized spacial score (nSPS) is 13.0. The Morgan fingerprint density at radius 1 is 1.30 bits per heavy atom. The third kappa shape index (κ3) is 4.03. The van der Waals surface area contributed by atoms with Crippen LogP contribution in [0.2, 0.25) is 0 Å². The number of benzene rings is 1. The second kappa shape index (κ2) is 6.83. The van der Waals surface area contributed by atoms with Crippen LogP contribution in [0.25, 0.3) is 0 Å². The largest absolute Gasteiger partial charge is 0.326 e. The van der Waals surface area contributed by atoms with E-state index in [0.717, 1.165) is 5.56 Å². The molecular weight excluding hydrogens is 278 g/mol. The summed E-state index contributed by atoms with van der Waals surface area (Å²) in [6.45, 7) is 4.17. The Bertz CT molecular complexity index is 585. The van der Waals surface area contributed by atoms with Gasteiger partial charge in [-0.3, -0.25) is 4.79 Å². The topological polar surface area (TPSA) is 87.3 Å². The Hall–Kier alpha value is -1.44. The number of rotatable bonds is 6. The van der Waals surface area contributed by atoms with Gasteiger partial charge in [-0.2, -0.15) is 0 Å². The molecule has 0 bridgehead atoms. The highest BCUT2D eigenvalue weighted by Gasteiger charge is 2.16. The van der Waals surface area contributed by atoms with Crippen molar-refractivity contribution in [2.75, 3.05) is 26.0 Å². The van der Waals surface area contributed by atoms with Gasteiger partial charge in [-0.05, 0) is 38.7 Å². The standard InChI is InChI=1S/C13H21N3O3S/c1-9-5-6-11(20(18,19)15-4)7-12(9)16-13(17)10(2)8-14-3/h5-7,10,14-15H,8H2,1-4H3,(H,16,17). The van der Waals surface area contributed by atoms with E-state index in [2.05, 4.69) is 15.4 Å². The van der Waals surface area contributed by atoms with Crippen molar-refractivity contribution in [2.24, 2.45) is 5.92 Å². The summed E-state index contributed by atoms with van der Waals surface area (Å²) in [6.07, 6.45) is 0. The molecule has 6 nitrogen and oxygen atoms in total. The Morgan fingerprint density at radius 3 is 2.50 bits per heavy atom. The number of carbonyl (C=O) groups is 1. The van der Waals surface area contributed by atoms with Gasteiger partial charge >= 0.3 is 0 Å². The maximum absolute atomic E-state index is 12.0. The number of aryl methyl sites for hydroxylation is 1. The molecular formula is C13H21N3O3S. The van der Waals surface area contributed by atoms with Crippen molar-refractivity contribution in [1.29, 1.82) is 0 Å². The van der Waals surface area contributed by atoms with Crippen LogP contribution in [-0.4, -0.2) is 35.0 Å². The second-order valence-corrected chi connectivity index (χ2v) is 6.52. The van der Waals surface area contributed by atoms with E-state index in [-0.39, 0.29) is 16.7 Å². The highest BCUT2D eigenvalue weighted by molar-refractivity contribution is 7.89. The molecule has 0 aliphatic carbocycles. The lowest BCUT2D eigenvalue weighted by Gasteiger charge is -2.14. The van der Waals surface area contributed by atoms with E-state index in [4.69, 9.17) is 0 Å². The number of amides is 1. The molecule has 1 amide bonds. The fraction of sp³-hybridized carbons (Fsp3) is 0.462. The third-order valence-electron chi connectivity index (χ3n) is 3.00. The summed E-state index contributed by atoms with van der Waals surface area (Å²) in [5, 5.41) is 5.69. The Labute approximate surface area is 120 Å².